The molecule has 3 saturated heterocycles. The van der Waals surface area contributed by atoms with E-state index in [0.29, 0.717) is 24.3 Å². The first-order valence-electron chi connectivity index (χ1n) is 6.35. The zero-order chi connectivity index (χ0) is 10.6. The predicted octanol–water partition coefficient (Wildman–Crippen LogP) is 0.906. The lowest BCUT2D eigenvalue weighted by molar-refractivity contribution is -0.956. The zero-order valence-electron chi connectivity index (χ0n) is 9.72. The topological polar surface area (TPSA) is 32.8 Å². The fourth-order valence-electron chi connectivity index (χ4n) is 3.91. The summed E-state index contributed by atoms with van der Waals surface area (Å²) < 4.78 is 6.90. The van der Waals surface area contributed by atoms with Crippen LogP contribution in [0, 0.1) is 0 Å². The van der Waals surface area contributed by atoms with Crippen LogP contribution in [0.5, 0.6) is 0 Å². The van der Waals surface area contributed by atoms with Gasteiger partial charge in [-0.15, -0.1) is 0 Å². The number of quaternary nitrogens is 1. The first-order chi connectivity index (χ1) is 7.16. The van der Waals surface area contributed by atoms with E-state index in [2.05, 4.69) is 14.0 Å². The predicted molar refractivity (Wildman–Crippen MR) is 57.4 cm³/mol. The smallest absolute Gasteiger partial charge is 0.142 e. The number of hydrogen-bond donors (Lipinski definition) is 1. The quantitative estimate of drug-likeness (QED) is 0.557. The van der Waals surface area contributed by atoms with Crippen LogP contribution in [0.1, 0.15) is 32.6 Å². The van der Waals surface area contributed by atoms with Gasteiger partial charge in [0.05, 0.1) is 19.7 Å². The van der Waals surface area contributed by atoms with Gasteiger partial charge in [-0.05, 0) is 6.42 Å². The van der Waals surface area contributed by atoms with Gasteiger partial charge in [0.1, 0.15) is 24.3 Å². The lowest BCUT2D eigenvalue weighted by Gasteiger charge is -2.47. The van der Waals surface area contributed by atoms with Gasteiger partial charge in [0.2, 0.25) is 0 Å². The third-order valence-corrected chi connectivity index (χ3v) is 4.86. The molecule has 2 unspecified atom stereocenters. The summed E-state index contributed by atoms with van der Waals surface area (Å²) in [5.41, 5.74) is 0. The van der Waals surface area contributed by atoms with Crippen molar-refractivity contribution in [3.05, 3.63) is 0 Å². The number of piperidine rings is 1. The molecule has 3 nitrogen and oxygen atoms in total. The van der Waals surface area contributed by atoms with Gasteiger partial charge in [0.25, 0.3) is 0 Å². The van der Waals surface area contributed by atoms with Gasteiger partial charge in [0.15, 0.2) is 0 Å². The maximum Gasteiger partial charge on any atom is 0.142 e. The van der Waals surface area contributed by atoms with Gasteiger partial charge in [-0.1, -0.05) is 13.3 Å². The molecule has 3 aliphatic heterocycles. The summed E-state index contributed by atoms with van der Waals surface area (Å²) in [4.78, 5) is 0. The van der Waals surface area contributed by atoms with Crippen molar-refractivity contribution in [2.75, 3.05) is 13.6 Å². The van der Waals surface area contributed by atoms with Crippen LogP contribution in [0.25, 0.3) is 0 Å². The number of unbranched alkanes of at least 4 members (excludes halogenated alkanes) is 1. The molecule has 0 aromatic rings. The van der Waals surface area contributed by atoms with Crippen molar-refractivity contribution in [2.45, 2.75) is 63.0 Å². The number of epoxide rings is 1. The Morgan fingerprint density at radius 1 is 1.27 bits per heavy atom. The number of aliphatic hydroxyl groups is 1. The first kappa shape index (κ1) is 10.1. The second kappa shape index (κ2) is 3.19. The Morgan fingerprint density at radius 2 is 1.87 bits per heavy atom. The summed E-state index contributed by atoms with van der Waals surface area (Å²) in [7, 11) is 2.38. The Hall–Kier alpha value is -0.120. The monoisotopic (exact) mass is 212 g/mol. The Labute approximate surface area is 91.6 Å². The molecular formula is C12H22NO2+. The van der Waals surface area contributed by atoms with Crippen LogP contribution < -0.4 is 0 Å². The van der Waals surface area contributed by atoms with E-state index in [9.17, 15) is 5.11 Å². The lowest BCUT2D eigenvalue weighted by Crippen LogP contribution is -2.62. The molecule has 0 amide bonds. The fraction of sp³-hybridized carbons (Fsp3) is 1.00. The Bertz CT molecular complexity index is 250. The molecule has 0 spiro atoms. The summed E-state index contributed by atoms with van der Waals surface area (Å²) in [5.74, 6) is 0. The van der Waals surface area contributed by atoms with E-state index < -0.39 is 0 Å². The minimum atomic E-state index is -0.0655. The second-order valence-corrected chi connectivity index (χ2v) is 5.75. The average molecular weight is 212 g/mol. The SMILES string of the molecule is CCCC[N+]1(C)[C@@H]2CC(O)C[C@H]1[C@@H]1O[C@@H]12. The van der Waals surface area contributed by atoms with Gasteiger partial charge < -0.3 is 14.3 Å². The zero-order valence-corrected chi connectivity index (χ0v) is 9.72. The van der Waals surface area contributed by atoms with Crippen LogP contribution in [-0.4, -0.2) is 53.6 Å². The summed E-state index contributed by atoms with van der Waals surface area (Å²) >= 11 is 0. The molecule has 6 atom stereocenters. The molecule has 3 aliphatic rings. The maximum atomic E-state index is 9.82. The van der Waals surface area contributed by atoms with E-state index in [1.165, 1.54) is 23.9 Å². The first-order valence-corrected chi connectivity index (χ1v) is 6.35. The Balaban J connectivity index is 1.80. The van der Waals surface area contributed by atoms with E-state index in [-0.39, 0.29) is 6.10 Å². The summed E-state index contributed by atoms with van der Waals surface area (Å²) in [6.45, 7) is 3.53. The number of fused-ring (bicyclic) bond motifs is 5. The van der Waals surface area contributed by atoms with Crippen LogP contribution >= 0.6 is 0 Å². The molecule has 3 heterocycles. The molecule has 0 aromatic carbocycles. The van der Waals surface area contributed by atoms with Crippen molar-refractivity contribution in [1.82, 2.24) is 0 Å². The van der Waals surface area contributed by atoms with Crippen LogP contribution in [0.3, 0.4) is 0 Å². The summed E-state index contributed by atoms with van der Waals surface area (Å²) in [6, 6.07) is 1.16. The minimum Gasteiger partial charge on any atom is -0.393 e. The van der Waals surface area contributed by atoms with Crippen molar-refractivity contribution in [1.29, 1.82) is 0 Å². The van der Waals surface area contributed by atoms with E-state index in [4.69, 9.17) is 4.74 Å². The number of nitrogens with zero attached hydrogens (tertiary/aromatic N) is 1. The number of morpholine rings is 1. The third kappa shape index (κ3) is 1.30. The highest BCUT2D eigenvalue weighted by Gasteiger charge is 2.71. The second-order valence-electron chi connectivity index (χ2n) is 5.75. The van der Waals surface area contributed by atoms with E-state index in [1.54, 1.807) is 0 Å². The number of hydrogen-bond acceptors (Lipinski definition) is 2. The number of rotatable bonds is 3. The Kier molecular flexibility index (Phi) is 2.14. The van der Waals surface area contributed by atoms with Gasteiger partial charge in [-0.2, -0.15) is 0 Å². The Morgan fingerprint density at radius 3 is 2.40 bits per heavy atom. The molecule has 3 fully saturated rings. The standard InChI is InChI=1S/C12H22NO2/c1-3-4-5-13(2)9-6-8(14)7-10(13)12-11(9)15-12/h8-12,14H,3-7H2,1-2H3/q+1/t8?,9-,10+,11-,12+,13?. The van der Waals surface area contributed by atoms with Crippen molar-refractivity contribution in [3.8, 4) is 0 Å². The van der Waals surface area contributed by atoms with Gasteiger partial charge in [-0.3, -0.25) is 0 Å². The molecule has 0 radical (unpaired) electrons. The van der Waals surface area contributed by atoms with E-state index in [1.807, 2.05) is 0 Å². The normalized spacial score (nSPS) is 56.6. The molecule has 86 valence electrons. The van der Waals surface area contributed by atoms with Gasteiger partial charge in [0, 0.05) is 12.8 Å². The van der Waals surface area contributed by atoms with Gasteiger partial charge in [-0.25, -0.2) is 0 Å². The van der Waals surface area contributed by atoms with Crippen molar-refractivity contribution in [3.63, 3.8) is 0 Å². The highest BCUT2D eigenvalue weighted by atomic mass is 16.6. The molecule has 3 heteroatoms. The highest BCUT2D eigenvalue weighted by Crippen LogP contribution is 2.52. The molecule has 3 rings (SSSR count). The molecule has 1 N–H and O–H groups in total. The molecule has 0 aliphatic carbocycles. The number of likely N-dealkylation sites (N-methyl/N-ethyl adjacent to an activating group) is 1. The summed E-state index contributed by atoms with van der Waals surface area (Å²) in [5, 5.41) is 9.82. The van der Waals surface area contributed by atoms with Crippen LogP contribution in [-0.2, 0) is 4.74 Å². The maximum absolute atomic E-state index is 9.82. The largest absolute Gasteiger partial charge is 0.393 e. The van der Waals surface area contributed by atoms with Crippen LogP contribution in [0.4, 0.5) is 0 Å². The molecular weight excluding hydrogens is 190 g/mol. The highest BCUT2D eigenvalue weighted by molar-refractivity contribution is 5.08. The summed E-state index contributed by atoms with van der Waals surface area (Å²) in [6.07, 6.45) is 5.38. The molecule has 15 heavy (non-hydrogen) atoms. The van der Waals surface area contributed by atoms with E-state index in [0.717, 1.165) is 12.8 Å². The van der Waals surface area contributed by atoms with Crippen molar-refractivity contribution >= 4 is 0 Å². The van der Waals surface area contributed by atoms with E-state index >= 15 is 0 Å². The third-order valence-electron chi connectivity index (χ3n) is 4.86. The molecule has 2 bridgehead atoms. The fourth-order valence-corrected chi connectivity index (χ4v) is 3.91. The molecule has 0 aromatic heterocycles. The van der Waals surface area contributed by atoms with Gasteiger partial charge >= 0.3 is 0 Å². The average Bonchev–Trinajstić information content (AvgIpc) is 2.94. The van der Waals surface area contributed by atoms with Crippen LogP contribution in [0.2, 0.25) is 0 Å². The number of aliphatic hydroxyl groups excluding tert-OH is 1. The molecule has 0 saturated carbocycles. The lowest BCUT2D eigenvalue weighted by atomic mass is 9.95. The van der Waals surface area contributed by atoms with Crippen molar-refractivity contribution in [2.24, 2.45) is 0 Å². The van der Waals surface area contributed by atoms with Crippen molar-refractivity contribution < 1.29 is 14.3 Å². The minimum absolute atomic E-state index is 0.0655. The number of ether oxygens (including phenoxy) is 1. The van der Waals surface area contributed by atoms with Crippen LogP contribution in [0.15, 0.2) is 0 Å².